The lowest BCUT2D eigenvalue weighted by atomic mass is 9.89. The number of esters is 1. The number of hydrogen-bond acceptors (Lipinski definition) is 4. The fraction of sp³-hybridized carbons (Fsp3) is 0.750. The van der Waals surface area contributed by atoms with E-state index in [9.17, 15) is 9.59 Å². The van der Waals surface area contributed by atoms with Crippen LogP contribution >= 0.6 is 0 Å². The molecule has 0 aromatic heterocycles. The molecular formula is C16H26O4. The van der Waals surface area contributed by atoms with E-state index in [1.165, 1.54) is 12.5 Å². The number of ether oxygens (including phenoxy) is 2. The van der Waals surface area contributed by atoms with E-state index in [2.05, 4.69) is 19.9 Å². The Morgan fingerprint density at radius 3 is 2.50 bits per heavy atom. The van der Waals surface area contributed by atoms with Crippen molar-refractivity contribution in [2.24, 2.45) is 5.41 Å². The topological polar surface area (TPSA) is 52.6 Å². The van der Waals surface area contributed by atoms with E-state index in [-0.39, 0.29) is 6.61 Å². The maximum Gasteiger partial charge on any atom is 0.374 e. The lowest BCUT2D eigenvalue weighted by Crippen LogP contribution is -2.33. The summed E-state index contributed by atoms with van der Waals surface area (Å²) in [6.07, 6.45) is 5.46. The van der Waals surface area contributed by atoms with Gasteiger partial charge in [-0.2, -0.15) is 0 Å². The van der Waals surface area contributed by atoms with Crippen LogP contribution in [0.1, 0.15) is 53.9 Å². The number of hydrogen-bond donors (Lipinski definition) is 0. The predicted octanol–water partition coefficient (Wildman–Crippen LogP) is 3.05. The van der Waals surface area contributed by atoms with Gasteiger partial charge in [-0.1, -0.05) is 25.5 Å². The molecule has 1 aliphatic carbocycles. The SMILES string of the molecule is CC(=O)C(=O)OCC(C)(C)OCCC1=CCC(C)(C)C1. The van der Waals surface area contributed by atoms with Gasteiger partial charge >= 0.3 is 5.97 Å². The second kappa shape index (κ2) is 6.53. The Bertz CT molecular complexity index is 405. The molecule has 0 N–H and O–H groups in total. The molecule has 0 atom stereocenters. The largest absolute Gasteiger partial charge is 0.457 e. The number of rotatable bonds is 7. The summed E-state index contributed by atoms with van der Waals surface area (Å²) in [7, 11) is 0. The molecule has 114 valence electrons. The predicted molar refractivity (Wildman–Crippen MR) is 77.4 cm³/mol. The number of carbonyl (C=O) groups excluding carboxylic acids is 2. The molecule has 0 saturated heterocycles. The van der Waals surface area contributed by atoms with E-state index in [0.29, 0.717) is 12.0 Å². The van der Waals surface area contributed by atoms with E-state index >= 15 is 0 Å². The van der Waals surface area contributed by atoms with Gasteiger partial charge in [0.1, 0.15) is 6.61 Å². The summed E-state index contributed by atoms with van der Waals surface area (Å²) in [5.41, 5.74) is 1.24. The summed E-state index contributed by atoms with van der Waals surface area (Å²) in [5.74, 6) is -1.39. The smallest absolute Gasteiger partial charge is 0.374 e. The van der Waals surface area contributed by atoms with Crippen LogP contribution in [0.2, 0.25) is 0 Å². The molecule has 0 bridgehead atoms. The fourth-order valence-corrected chi connectivity index (χ4v) is 2.21. The molecular weight excluding hydrogens is 256 g/mol. The summed E-state index contributed by atoms with van der Waals surface area (Å²) in [5, 5.41) is 0. The third kappa shape index (κ3) is 5.87. The second-order valence-corrected chi connectivity index (χ2v) is 6.90. The van der Waals surface area contributed by atoms with Gasteiger partial charge in [0.15, 0.2) is 0 Å². The summed E-state index contributed by atoms with van der Waals surface area (Å²) in [6.45, 7) is 10.1. The molecule has 0 amide bonds. The third-order valence-corrected chi connectivity index (χ3v) is 3.40. The van der Waals surface area contributed by atoms with E-state index in [1.54, 1.807) is 0 Å². The molecule has 4 nitrogen and oxygen atoms in total. The zero-order chi connectivity index (χ0) is 15.4. The van der Waals surface area contributed by atoms with Gasteiger partial charge in [-0.05, 0) is 38.5 Å². The van der Waals surface area contributed by atoms with Crippen molar-refractivity contribution in [3.05, 3.63) is 11.6 Å². The molecule has 0 spiro atoms. The second-order valence-electron chi connectivity index (χ2n) is 6.90. The number of carbonyl (C=O) groups is 2. The monoisotopic (exact) mass is 282 g/mol. The quantitative estimate of drug-likeness (QED) is 0.409. The highest BCUT2D eigenvalue weighted by atomic mass is 16.6. The molecule has 0 aromatic carbocycles. The van der Waals surface area contributed by atoms with Gasteiger partial charge in [0.05, 0.1) is 12.2 Å². The molecule has 1 aliphatic rings. The zero-order valence-electron chi connectivity index (χ0n) is 13.2. The first-order valence-electron chi connectivity index (χ1n) is 7.11. The van der Waals surface area contributed by atoms with Crippen molar-refractivity contribution < 1.29 is 19.1 Å². The van der Waals surface area contributed by atoms with E-state index < -0.39 is 17.4 Å². The minimum atomic E-state index is -0.804. The lowest BCUT2D eigenvalue weighted by Gasteiger charge is -2.25. The minimum absolute atomic E-state index is 0.0932. The van der Waals surface area contributed by atoms with E-state index in [0.717, 1.165) is 19.3 Å². The summed E-state index contributed by atoms with van der Waals surface area (Å²) < 4.78 is 10.7. The van der Waals surface area contributed by atoms with Gasteiger partial charge in [-0.15, -0.1) is 0 Å². The maximum atomic E-state index is 11.1. The average Bonchev–Trinajstić information content (AvgIpc) is 2.65. The first kappa shape index (κ1) is 16.9. The molecule has 0 saturated carbocycles. The molecule has 20 heavy (non-hydrogen) atoms. The van der Waals surface area contributed by atoms with Crippen molar-refractivity contribution in [2.75, 3.05) is 13.2 Å². The molecule has 4 heteroatoms. The van der Waals surface area contributed by atoms with Crippen LogP contribution in [0.5, 0.6) is 0 Å². The van der Waals surface area contributed by atoms with Crippen LogP contribution in [0.25, 0.3) is 0 Å². The molecule has 0 heterocycles. The van der Waals surface area contributed by atoms with Crippen LogP contribution in [0.15, 0.2) is 11.6 Å². The Hall–Kier alpha value is -1.16. The van der Waals surface area contributed by atoms with Crippen molar-refractivity contribution in [3.8, 4) is 0 Å². The Kier molecular flexibility index (Phi) is 5.51. The summed E-state index contributed by atoms with van der Waals surface area (Å²) in [6, 6.07) is 0. The normalized spacial score (nSPS) is 17.8. The lowest BCUT2D eigenvalue weighted by molar-refractivity contribution is -0.159. The highest BCUT2D eigenvalue weighted by Gasteiger charge is 2.25. The number of ketones is 1. The van der Waals surface area contributed by atoms with Crippen molar-refractivity contribution in [3.63, 3.8) is 0 Å². The van der Waals surface area contributed by atoms with Crippen LogP contribution in [0.3, 0.4) is 0 Å². The molecule has 0 aliphatic heterocycles. The third-order valence-electron chi connectivity index (χ3n) is 3.40. The molecule has 0 fully saturated rings. The average molecular weight is 282 g/mol. The number of allylic oxidation sites excluding steroid dienone is 1. The Balaban J connectivity index is 2.26. The van der Waals surface area contributed by atoms with Gasteiger partial charge in [0.25, 0.3) is 0 Å². The Morgan fingerprint density at radius 1 is 1.35 bits per heavy atom. The van der Waals surface area contributed by atoms with Crippen molar-refractivity contribution in [2.45, 2.75) is 59.5 Å². The highest BCUT2D eigenvalue weighted by molar-refractivity contribution is 6.32. The highest BCUT2D eigenvalue weighted by Crippen LogP contribution is 2.37. The van der Waals surface area contributed by atoms with Gasteiger partial charge in [-0.25, -0.2) is 4.79 Å². The number of Topliss-reactive ketones (excluding diaryl/α,β-unsaturated/α-hetero) is 1. The van der Waals surface area contributed by atoms with Crippen LogP contribution in [0, 0.1) is 5.41 Å². The van der Waals surface area contributed by atoms with Gasteiger partial charge in [0.2, 0.25) is 5.78 Å². The van der Waals surface area contributed by atoms with Crippen molar-refractivity contribution in [1.82, 2.24) is 0 Å². The van der Waals surface area contributed by atoms with E-state index in [1.807, 2.05) is 13.8 Å². The first-order chi connectivity index (χ1) is 9.11. The standard InChI is InChI=1S/C16H26O4/c1-12(17)14(18)19-11-16(4,5)20-9-7-13-6-8-15(2,3)10-13/h6H,7-11H2,1-5H3. The van der Waals surface area contributed by atoms with Crippen LogP contribution in [-0.2, 0) is 19.1 Å². The van der Waals surface area contributed by atoms with E-state index in [4.69, 9.17) is 9.47 Å². The summed E-state index contributed by atoms with van der Waals surface area (Å²) in [4.78, 5) is 21.9. The Labute approximate surface area is 121 Å². The molecule has 0 unspecified atom stereocenters. The first-order valence-corrected chi connectivity index (χ1v) is 7.11. The van der Waals surface area contributed by atoms with Crippen LogP contribution in [-0.4, -0.2) is 30.6 Å². The maximum absolute atomic E-state index is 11.1. The van der Waals surface area contributed by atoms with Gasteiger partial charge < -0.3 is 9.47 Å². The minimum Gasteiger partial charge on any atom is -0.457 e. The Morgan fingerprint density at radius 2 is 2.00 bits per heavy atom. The zero-order valence-corrected chi connectivity index (χ0v) is 13.2. The molecule has 1 rings (SSSR count). The molecule has 0 aromatic rings. The van der Waals surface area contributed by atoms with Crippen LogP contribution < -0.4 is 0 Å². The van der Waals surface area contributed by atoms with Gasteiger partial charge in [-0.3, -0.25) is 4.79 Å². The summed E-state index contributed by atoms with van der Waals surface area (Å²) >= 11 is 0. The van der Waals surface area contributed by atoms with Crippen molar-refractivity contribution >= 4 is 11.8 Å². The molecule has 0 radical (unpaired) electrons. The van der Waals surface area contributed by atoms with Gasteiger partial charge in [0, 0.05) is 6.92 Å². The van der Waals surface area contributed by atoms with Crippen molar-refractivity contribution in [1.29, 1.82) is 0 Å². The fourth-order valence-electron chi connectivity index (χ4n) is 2.21. The van der Waals surface area contributed by atoms with Crippen LogP contribution in [0.4, 0.5) is 0 Å².